The van der Waals surface area contributed by atoms with Crippen molar-refractivity contribution in [3.8, 4) is 0 Å². The second-order valence-electron chi connectivity index (χ2n) is 2.62. The Hall–Kier alpha value is -0.390. The second kappa shape index (κ2) is 3.34. The fourth-order valence-corrected chi connectivity index (χ4v) is 3.05. The van der Waals surface area contributed by atoms with E-state index in [1.54, 1.807) is 0 Å². The minimum Gasteiger partial charge on any atom is -0.354 e. The Kier molecular flexibility index (Phi) is 2.21. The highest BCUT2D eigenvalue weighted by Gasteiger charge is 2.16. The lowest BCUT2D eigenvalue weighted by molar-refractivity contribution is 0.390. The first-order chi connectivity index (χ1) is 5.47. The maximum Gasteiger partial charge on any atom is 0.0604 e. The number of hydrogen-bond donors (Lipinski definition) is 0. The monoisotopic (exact) mass is 166 g/mol. The molecule has 1 atom stereocenters. The quantitative estimate of drug-likeness (QED) is 0.581. The van der Waals surface area contributed by atoms with Gasteiger partial charge in [-0.15, -0.1) is 0 Å². The van der Waals surface area contributed by atoms with E-state index >= 15 is 0 Å². The summed E-state index contributed by atoms with van der Waals surface area (Å²) >= 11 is 0. The third-order valence-electron chi connectivity index (χ3n) is 1.80. The van der Waals surface area contributed by atoms with Crippen molar-refractivity contribution in [1.29, 1.82) is 0 Å². The normalized spacial score (nSPS) is 23.8. The molecule has 0 amide bonds. The summed E-state index contributed by atoms with van der Waals surface area (Å²) in [5, 5.41) is 1.39. The molecule has 0 radical (unpaired) electrons. The minimum atomic E-state index is -0.240. The molecule has 1 aliphatic rings. The zero-order valence-corrected chi connectivity index (χ0v) is 7.26. The van der Waals surface area contributed by atoms with Crippen LogP contribution >= 0.6 is 8.15 Å². The molecule has 0 bridgehead atoms. The summed E-state index contributed by atoms with van der Waals surface area (Å²) in [6.45, 7) is 0.959. The molecule has 0 spiro atoms. The molecule has 2 heteroatoms. The predicted octanol–water partition coefficient (Wildman–Crippen LogP) is 2.13. The first-order valence-electron chi connectivity index (χ1n) is 3.92. The molecule has 0 aliphatic carbocycles. The summed E-state index contributed by atoms with van der Waals surface area (Å²) in [5.74, 6) is 0. The molecule has 0 saturated carbocycles. The van der Waals surface area contributed by atoms with Crippen LogP contribution in [0.3, 0.4) is 0 Å². The fraction of sp³-hybridized carbons (Fsp3) is 0.333. The van der Waals surface area contributed by atoms with Crippen molar-refractivity contribution in [2.75, 3.05) is 12.8 Å². The summed E-state index contributed by atoms with van der Waals surface area (Å²) in [6.07, 6.45) is 2.49. The zero-order chi connectivity index (χ0) is 7.52. The highest BCUT2D eigenvalue weighted by atomic mass is 31.1. The summed E-state index contributed by atoms with van der Waals surface area (Å²) in [4.78, 5) is 0. The van der Waals surface area contributed by atoms with Crippen LogP contribution in [0.5, 0.6) is 0 Å². The molecule has 11 heavy (non-hydrogen) atoms. The van der Waals surface area contributed by atoms with Gasteiger partial charge in [0.2, 0.25) is 0 Å². The number of benzene rings is 1. The average Bonchev–Trinajstić information content (AvgIpc) is 2.58. The van der Waals surface area contributed by atoms with Gasteiger partial charge < -0.3 is 4.52 Å². The van der Waals surface area contributed by atoms with E-state index in [1.807, 2.05) is 0 Å². The third kappa shape index (κ3) is 1.61. The summed E-state index contributed by atoms with van der Waals surface area (Å²) in [5.41, 5.74) is 0. The van der Waals surface area contributed by atoms with Gasteiger partial charge in [0.05, 0.1) is 14.8 Å². The molecule has 1 saturated heterocycles. The van der Waals surface area contributed by atoms with Gasteiger partial charge in [-0.25, -0.2) is 0 Å². The van der Waals surface area contributed by atoms with Crippen molar-refractivity contribution >= 4 is 13.5 Å². The largest absolute Gasteiger partial charge is 0.354 e. The number of rotatable bonds is 1. The van der Waals surface area contributed by atoms with Gasteiger partial charge in [-0.2, -0.15) is 0 Å². The molecule has 0 aromatic heterocycles. The van der Waals surface area contributed by atoms with Crippen molar-refractivity contribution in [3.63, 3.8) is 0 Å². The van der Waals surface area contributed by atoms with E-state index in [4.69, 9.17) is 4.52 Å². The molecule has 2 rings (SSSR count). The van der Waals surface area contributed by atoms with Crippen LogP contribution in [0.4, 0.5) is 0 Å². The Morgan fingerprint density at radius 3 is 2.64 bits per heavy atom. The molecule has 1 aromatic rings. The first-order valence-corrected chi connectivity index (χ1v) is 5.37. The van der Waals surface area contributed by atoms with Crippen LogP contribution in [-0.2, 0) is 4.52 Å². The predicted molar refractivity (Wildman–Crippen MR) is 48.4 cm³/mol. The van der Waals surface area contributed by atoms with Gasteiger partial charge in [0, 0.05) is 5.30 Å². The Morgan fingerprint density at radius 2 is 2.00 bits per heavy atom. The highest BCUT2D eigenvalue weighted by Crippen LogP contribution is 2.41. The van der Waals surface area contributed by atoms with Crippen molar-refractivity contribution in [2.24, 2.45) is 0 Å². The molecular weight excluding hydrogens is 155 g/mol. The van der Waals surface area contributed by atoms with E-state index in [0.717, 1.165) is 6.61 Å². The molecule has 0 N–H and O–H groups in total. The van der Waals surface area contributed by atoms with E-state index in [9.17, 15) is 0 Å². The lowest BCUT2D eigenvalue weighted by Crippen LogP contribution is -1.98. The summed E-state index contributed by atoms with van der Waals surface area (Å²) < 4.78 is 5.60. The zero-order valence-electron chi connectivity index (χ0n) is 6.36. The van der Waals surface area contributed by atoms with Crippen LogP contribution in [0, 0.1) is 0 Å². The van der Waals surface area contributed by atoms with Gasteiger partial charge in [0.15, 0.2) is 0 Å². The molecule has 1 fully saturated rings. The Bertz CT molecular complexity index is 216. The smallest absolute Gasteiger partial charge is 0.0604 e. The maximum absolute atomic E-state index is 5.60. The van der Waals surface area contributed by atoms with E-state index < -0.39 is 0 Å². The molecule has 1 unspecified atom stereocenters. The molecule has 58 valence electrons. The van der Waals surface area contributed by atoms with E-state index in [0.29, 0.717) is 0 Å². The highest BCUT2D eigenvalue weighted by molar-refractivity contribution is 7.61. The lowest BCUT2D eigenvalue weighted by atomic mass is 10.4. The molecular formula is C9H11OP. The Labute approximate surface area is 68.2 Å². The van der Waals surface area contributed by atoms with Crippen LogP contribution < -0.4 is 5.30 Å². The standard InChI is InChI=1S/C9H11OP/c1-2-5-9(6-3-1)11-8-4-7-10-11/h1-3,5-6H,4,7-8H2. The van der Waals surface area contributed by atoms with Gasteiger partial charge in [0.1, 0.15) is 0 Å². The Balaban J connectivity index is 2.16. The minimum absolute atomic E-state index is 0.240. The summed E-state index contributed by atoms with van der Waals surface area (Å²) in [6, 6.07) is 10.5. The van der Waals surface area contributed by atoms with Gasteiger partial charge in [-0.3, -0.25) is 0 Å². The Morgan fingerprint density at radius 1 is 1.18 bits per heavy atom. The van der Waals surface area contributed by atoms with Gasteiger partial charge in [-0.05, 0) is 12.6 Å². The summed E-state index contributed by atoms with van der Waals surface area (Å²) in [7, 11) is -0.240. The van der Waals surface area contributed by atoms with Crippen molar-refractivity contribution < 1.29 is 4.52 Å². The van der Waals surface area contributed by atoms with Gasteiger partial charge in [0.25, 0.3) is 0 Å². The van der Waals surface area contributed by atoms with Crippen molar-refractivity contribution in [1.82, 2.24) is 0 Å². The lowest BCUT2D eigenvalue weighted by Gasteiger charge is -2.07. The van der Waals surface area contributed by atoms with Gasteiger partial charge >= 0.3 is 0 Å². The van der Waals surface area contributed by atoms with Crippen molar-refractivity contribution in [2.45, 2.75) is 6.42 Å². The third-order valence-corrected chi connectivity index (χ3v) is 3.89. The van der Waals surface area contributed by atoms with Crippen LogP contribution in [0.15, 0.2) is 30.3 Å². The number of hydrogen-bond acceptors (Lipinski definition) is 1. The second-order valence-corrected chi connectivity index (χ2v) is 4.60. The van der Waals surface area contributed by atoms with E-state index in [1.165, 1.54) is 17.9 Å². The fourth-order valence-electron chi connectivity index (χ4n) is 1.25. The molecule has 1 aliphatic heterocycles. The van der Waals surface area contributed by atoms with E-state index in [2.05, 4.69) is 30.3 Å². The van der Waals surface area contributed by atoms with E-state index in [-0.39, 0.29) is 8.15 Å². The molecule has 1 aromatic carbocycles. The SMILES string of the molecule is c1ccc(P2CCCO2)cc1. The van der Waals surface area contributed by atoms with Crippen LogP contribution in [0.2, 0.25) is 0 Å². The maximum atomic E-state index is 5.60. The topological polar surface area (TPSA) is 9.23 Å². The van der Waals surface area contributed by atoms with Gasteiger partial charge in [-0.1, -0.05) is 30.3 Å². The van der Waals surface area contributed by atoms with Crippen LogP contribution in [-0.4, -0.2) is 12.8 Å². The molecule has 1 heterocycles. The first kappa shape index (κ1) is 7.27. The van der Waals surface area contributed by atoms with Crippen LogP contribution in [0.1, 0.15) is 6.42 Å². The van der Waals surface area contributed by atoms with Crippen molar-refractivity contribution in [3.05, 3.63) is 30.3 Å². The average molecular weight is 166 g/mol. The molecule has 1 nitrogen and oxygen atoms in total. The van der Waals surface area contributed by atoms with Crippen LogP contribution in [0.25, 0.3) is 0 Å².